The Balaban J connectivity index is 1.84. The van der Waals surface area contributed by atoms with E-state index in [0.717, 1.165) is 41.9 Å². The molecule has 1 aromatic heterocycles. The number of hydrogen-bond donors (Lipinski definition) is 1. The van der Waals surface area contributed by atoms with E-state index in [9.17, 15) is 14.9 Å². The topological polar surface area (TPSA) is 88.4 Å². The Kier molecular flexibility index (Phi) is 7.48. The van der Waals surface area contributed by atoms with Crippen LogP contribution in [0, 0.1) is 11.3 Å². The molecule has 31 heavy (non-hydrogen) atoms. The van der Waals surface area contributed by atoms with Gasteiger partial charge in [0.05, 0.1) is 18.3 Å². The van der Waals surface area contributed by atoms with E-state index in [4.69, 9.17) is 9.47 Å². The summed E-state index contributed by atoms with van der Waals surface area (Å²) in [5.41, 5.74) is 2.06. The van der Waals surface area contributed by atoms with E-state index in [0.29, 0.717) is 16.1 Å². The minimum absolute atomic E-state index is 0.0429. The van der Waals surface area contributed by atoms with Crippen LogP contribution >= 0.6 is 11.3 Å². The summed E-state index contributed by atoms with van der Waals surface area (Å²) >= 11 is 1.40. The van der Waals surface area contributed by atoms with Crippen LogP contribution in [0.5, 0.6) is 5.75 Å². The molecule has 6 nitrogen and oxygen atoms in total. The lowest BCUT2D eigenvalue weighted by Gasteiger charge is -2.12. The molecule has 0 atom stereocenters. The molecule has 0 radical (unpaired) electrons. The third-order valence-corrected chi connectivity index (χ3v) is 6.01. The number of esters is 1. The van der Waals surface area contributed by atoms with Crippen LogP contribution in [0.4, 0.5) is 5.00 Å². The summed E-state index contributed by atoms with van der Waals surface area (Å²) in [7, 11) is 0. The molecular weight excluding hydrogens is 412 g/mol. The number of anilines is 1. The number of aryl methyl sites for hydroxylation is 1. The maximum absolute atomic E-state index is 12.8. The fourth-order valence-electron chi connectivity index (χ4n) is 3.47. The molecule has 7 heteroatoms. The second kappa shape index (κ2) is 10.3. The third kappa shape index (κ3) is 5.53. The normalized spacial score (nSPS) is 13.3. The van der Waals surface area contributed by atoms with Crippen molar-refractivity contribution in [3.8, 4) is 11.8 Å². The first-order valence-corrected chi connectivity index (χ1v) is 11.3. The number of amides is 1. The van der Waals surface area contributed by atoms with Gasteiger partial charge in [0.25, 0.3) is 5.91 Å². The van der Waals surface area contributed by atoms with E-state index in [1.165, 1.54) is 17.4 Å². The number of carbonyl (C=O) groups is 2. The first kappa shape index (κ1) is 22.6. The van der Waals surface area contributed by atoms with Crippen molar-refractivity contribution in [3.05, 3.63) is 51.4 Å². The molecule has 1 aliphatic rings. The number of hydrogen-bond acceptors (Lipinski definition) is 6. The van der Waals surface area contributed by atoms with Gasteiger partial charge in [-0.2, -0.15) is 5.26 Å². The van der Waals surface area contributed by atoms with Crippen LogP contribution in [-0.2, 0) is 22.4 Å². The molecule has 0 saturated heterocycles. The Bertz CT molecular complexity index is 1030. The van der Waals surface area contributed by atoms with Crippen molar-refractivity contribution in [3.63, 3.8) is 0 Å². The van der Waals surface area contributed by atoms with Gasteiger partial charge in [0.15, 0.2) is 0 Å². The minimum atomic E-state index is -0.547. The van der Waals surface area contributed by atoms with Gasteiger partial charge in [0.1, 0.15) is 22.4 Å². The summed E-state index contributed by atoms with van der Waals surface area (Å²) in [6.45, 7) is 5.90. The van der Waals surface area contributed by atoms with Crippen molar-refractivity contribution >= 4 is 34.3 Å². The predicted molar refractivity (Wildman–Crippen MR) is 121 cm³/mol. The zero-order valence-corrected chi connectivity index (χ0v) is 18.8. The molecule has 162 valence electrons. The highest BCUT2D eigenvalue weighted by atomic mass is 32.1. The van der Waals surface area contributed by atoms with Gasteiger partial charge >= 0.3 is 5.97 Å². The number of benzene rings is 1. The van der Waals surface area contributed by atoms with Crippen molar-refractivity contribution in [2.24, 2.45) is 0 Å². The number of carbonyl (C=O) groups excluding carboxylic acids is 2. The van der Waals surface area contributed by atoms with Crippen molar-refractivity contribution in [2.45, 2.75) is 52.6 Å². The highest BCUT2D eigenvalue weighted by molar-refractivity contribution is 7.17. The minimum Gasteiger partial charge on any atom is -0.491 e. The molecule has 0 unspecified atom stereocenters. The number of nitrogens with one attached hydrogen (secondary N) is 1. The van der Waals surface area contributed by atoms with Crippen LogP contribution in [0.1, 0.15) is 60.0 Å². The average Bonchev–Trinajstić information content (AvgIpc) is 3.10. The molecular formula is C24H26N2O4S. The van der Waals surface area contributed by atoms with Crippen LogP contribution in [0.15, 0.2) is 29.8 Å². The lowest BCUT2D eigenvalue weighted by molar-refractivity contribution is -0.112. The highest BCUT2D eigenvalue weighted by Gasteiger charge is 2.27. The number of ether oxygens (including phenoxy) is 2. The van der Waals surface area contributed by atoms with E-state index >= 15 is 0 Å². The molecule has 1 heterocycles. The summed E-state index contributed by atoms with van der Waals surface area (Å²) in [6.07, 6.45) is 5.32. The molecule has 2 aromatic rings. The number of rotatable bonds is 7. The van der Waals surface area contributed by atoms with Gasteiger partial charge in [0, 0.05) is 4.88 Å². The van der Waals surface area contributed by atoms with E-state index in [1.807, 2.05) is 19.9 Å². The van der Waals surface area contributed by atoms with Gasteiger partial charge in [-0.25, -0.2) is 4.79 Å². The number of nitriles is 1. The second-order valence-corrected chi connectivity index (χ2v) is 8.60. The summed E-state index contributed by atoms with van der Waals surface area (Å²) in [5, 5.41) is 12.8. The zero-order valence-electron chi connectivity index (χ0n) is 18.0. The number of nitrogens with zero attached hydrogens (tertiary/aromatic N) is 1. The standard InChI is InChI=1S/C24H26N2O4S/c1-4-29-24(28)21-19-7-5-6-8-20(19)31-23(21)26-22(27)17(14-25)13-16-9-11-18(12-10-16)30-15(2)3/h9-13,15H,4-8H2,1-3H3,(H,26,27)/b17-13+. The Morgan fingerprint density at radius 2 is 1.94 bits per heavy atom. The number of thiophene rings is 1. The molecule has 1 N–H and O–H groups in total. The largest absolute Gasteiger partial charge is 0.491 e. The molecule has 0 aliphatic heterocycles. The van der Waals surface area contributed by atoms with Gasteiger partial charge in [-0.05, 0) is 75.8 Å². The lowest BCUT2D eigenvalue weighted by Crippen LogP contribution is -2.16. The summed E-state index contributed by atoms with van der Waals surface area (Å²) in [5.74, 6) is -0.257. The second-order valence-electron chi connectivity index (χ2n) is 7.50. The van der Waals surface area contributed by atoms with Crippen molar-refractivity contribution < 1.29 is 19.1 Å². The Labute approximate surface area is 186 Å². The molecule has 0 saturated carbocycles. The predicted octanol–water partition coefficient (Wildman–Crippen LogP) is 5.14. The quantitative estimate of drug-likeness (QED) is 0.367. The van der Waals surface area contributed by atoms with Crippen LogP contribution in [0.3, 0.4) is 0 Å². The number of fused-ring (bicyclic) bond motifs is 1. The van der Waals surface area contributed by atoms with E-state index in [-0.39, 0.29) is 18.3 Å². The van der Waals surface area contributed by atoms with E-state index in [2.05, 4.69) is 5.32 Å². The SMILES string of the molecule is CCOC(=O)c1c(NC(=O)/C(C#N)=C/c2ccc(OC(C)C)cc2)sc2c1CCCC2. The van der Waals surface area contributed by atoms with E-state index < -0.39 is 11.9 Å². The highest BCUT2D eigenvalue weighted by Crippen LogP contribution is 2.38. The fraction of sp³-hybridized carbons (Fsp3) is 0.375. The van der Waals surface area contributed by atoms with Crippen LogP contribution < -0.4 is 10.1 Å². The molecule has 0 bridgehead atoms. The molecule has 0 fully saturated rings. The van der Waals surface area contributed by atoms with Gasteiger partial charge < -0.3 is 14.8 Å². The van der Waals surface area contributed by atoms with Crippen molar-refractivity contribution in [1.82, 2.24) is 0 Å². The molecule has 1 aliphatic carbocycles. The molecule has 1 amide bonds. The maximum atomic E-state index is 12.8. The fourth-order valence-corrected chi connectivity index (χ4v) is 4.75. The molecule has 3 rings (SSSR count). The Hall–Kier alpha value is -3.11. The van der Waals surface area contributed by atoms with E-state index in [1.54, 1.807) is 31.2 Å². The zero-order chi connectivity index (χ0) is 22.4. The summed E-state index contributed by atoms with van der Waals surface area (Å²) in [4.78, 5) is 26.5. The monoisotopic (exact) mass is 438 g/mol. The lowest BCUT2D eigenvalue weighted by atomic mass is 9.95. The van der Waals surface area contributed by atoms with Crippen molar-refractivity contribution in [1.29, 1.82) is 5.26 Å². The van der Waals surface area contributed by atoms with Gasteiger partial charge in [-0.1, -0.05) is 12.1 Å². The average molecular weight is 439 g/mol. The molecule has 0 spiro atoms. The first-order chi connectivity index (χ1) is 14.9. The third-order valence-electron chi connectivity index (χ3n) is 4.81. The summed E-state index contributed by atoms with van der Waals surface area (Å²) < 4.78 is 10.8. The summed E-state index contributed by atoms with van der Waals surface area (Å²) in [6, 6.07) is 9.13. The Morgan fingerprint density at radius 3 is 2.58 bits per heavy atom. The Morgan fingerprint density at radius 1 is 1.23 bits per heavy atom. The van der Waals surface area contributed by atoms with Crippen LogP contribution in [-0.4, -0.2) is 24.6 Å². The first-order valence-electron chi connectivity index (χ1n) is 10.4. The smallest absolute Gasteiger partial charge is 0.341 e. The van der Waals surface area contributed by atoms with Crippen LogP contribution in [0.25, 0.3) is 6.08 Å². The van der Waals surface area contributed by atoms with Gasteiger partial charge in [0.2, 0.25) is 0 Å². The van der Waals surface area contributed by atoms with Crippen LogP contribution in [0.2, 0.25) is 0 Å². The van der Waals surface area contributed by atoms with Gasteiger partial charge in [-0.3, -0.25) is 4.79 Å². The maximum Gasteiger partial charge on any atom is 0.341 e. The molecule has 1 aromatic carbocycles. The van der Waals surface area contributed by atoms with Gasteiger partial charge in [-0.15, -0.1) is 11.3 Å². The van der Waals surface area contributed by atoms with Crippen molar-refractivity contribution in [2.75, 3.05) is 11.9 Å².